The number of H-pyrrole nitrogens is 2. The summed E-state index contributed by atoms with van der Waals surface area (Å²) in [6.07, 6.45) is -1.30. The number of nitrogens with two attached hydrogens (primary N) is 2. The molecule has 20 heteroatoms. The number of benzene rings is 4. The van der Waals surface area contributed by atoms with Gasteiger partial charge in [0, 0.05) is 33.6 Å². The number of aromatic nitrogens is 2. The molecule has 0 aliphatic heterocycles. The van der Waals surface area contributed by atoms with Gasteiger partial charge in [0.15, 0.2) is 0 Å². The molecule has 0 spiro atoms. The Morgan fingerprint density at radius 2 is 1.02 bits per heavy atom. The van der Waals surface area contributed by atoms with E-state index in [4.69, 9.17) is 67.3 Å². The van der Waals surface area contributed by atoms with Crippen LogP contribution in [0.1, 0.15) is 25.0 Å². The molecular formula is C38H36Cl4N8O6S2. The minimum atomic E-state index is -0.650. The number of hydrogen-bond acceptors (Lipinski definition) is 12. The highest BCUT2D eigenvalue weighted by molar-refractivity contribution is 7.11. The molecular weight excluding hydrogens is 870 g/mol. The van der Waals surface area contributed by atoms with E-state index < -0.39 is 12.2 Å². The second kappa shape index (κ2) is 20.6. The van der Waals surface area contributed by atoms with Crippen molar-refractivity contribution in [1.82, 2.24) is 8.75 Å². The number of aliphatic hydroxyl groups is 2. The fraction of sp³-hybridized carbons (Fsp3) is 0.158. The van der Waals surface area contributed by atoms with Gasteiger partial charge in [-0.25, -0.2) is 0 Å². The van der Waals surface area contributed by atoms with Crippen LogP contribution >= 0.6 is 69.5 Å². The van der Waals surface area contributed by atoms with Gasteiger partial charge < -0.3 is 41.8 Å². The van der Waals surface area contributed by atoms with Crippen molar-refractivity contribution < 1.29 is 19.7 Å². The molecule has 2 heterocycles. The third-order valence-corrected chi connectivity index (χ3v) is 10.1. The Balaban J connectivity index is 0.000000221. The van der Waals surface area contributed by atoms with Crippen molar-refractivity contribution in [3.8, 4) is 23.0 Å². The van der Waals surface area contributed by atoms with E-state index in [2.05, 4.69) is 29.4 Å². The number of hydrogen-bond donors (Lipinski definition) is 8. The van der Waals surface area contributed by atoms with Gasteiger partial charge in [-0.05, 0) is 110 Å². The van der Waals surface area contributed by atoms with Crippen molar-refractivity contribution >= 4 is 103 Å². The van der Waals surface area contributed by atoms with Gasteiger partial charge in [0.05, 0.1) is 35.3 Å². The molecule has 0 aliphatic carbocycles. The highest BCUT2D eigenvalue weighted by atomic mass is 35.5. The zero-order chi connectivity index (χ0) is 41.9. The van der Waals surface area contributed by atoms with E-state index in [1.165, 1.54) is 0 Å². The third kappa shape index (κ3) is 12.5. The average Bonchev–Trinajstić information content (AvgIpc) is 3.74. The van der Waals surface area contributed by atoms with Crippen LogP contribution in [0.3, 0.4) is 0 Å². The van der Waals surface area contributed by atoms with Crippen molar-refractivity contribution in [2.45, 2.75) is 26.1 Å². The molecule has 6 rings (SSSR count). The number of nitrogens with one attached hydrogen (secondary N) is 4. The van der Waals surface area contributed by atoms with Crippen molar-refractivity contribution in [2.75, 3.05) is 23.7 Å². The lowest BCUT2D eigenvalue weighted by molar-refractivity contribution is 0.203. The van der Waals surface area contributed by atoms with Crippen LogP contribution in [-0.2, 0) is 0 Å². The maximum Gasteiger partial charge on any atom is 0.271 e. The van der Waals surface area contributed by atoms with Crippen LogP contribution in [0.25, 0.3) is 0 Å². The van der Waals surface area contributed by atoms with Crippen LogP contribution in [0.5, 0.6) is 23.0 Å². The molecule has 0 fully saturated rings. The predicted molar refractivity (Wildman–Crippen MR) is 237 cm³/mol. The van der Waals surface area contributed by atoms with Crippen molar-refractivity contribution in [1.29, 1.82) is 0 Å². The van der Waals surface area contributed by atoms with Crippen LogP contribution < -0.4 is 42.7 Å². The number of aliphatic hydroxyl groups excluding tert-OH is 2. The van der Waals surface area contributed by atoms with Crippen molar-refractivity contribution in [2.24, 2.45) is 21.5 Å². The van der Waals surface area contributed by atoms with E-state index in [0.717, 1.165) is 34.4 Å². The first-order chi connectivity index (χ1) is 27.7. The average molecular weight is 907 g/mol. The summed E-state index contributed by atoms with van der Waals surface area (Å²) in [7, 11) is 0. The number of ether oxygens (including phenoxy) is 2. The summed E-state index contributed by atoms with van der Waals surface area (Å²) in [6.45, 7) is 3.40. The normalized spacial score (nSPS) is 12.6. The molecule has 6 aromatic rings. The van der Waals surface area contributed by atoms with Crippen LogP contribution in [-0.4, -0.2) is 55.9 Å². The molecule has 0 aliphatic rings. The Hall–Kier alpha value is -5.04. The number of amidine groups is 2. The molecule has 0 saturated heterocycles. The monoisotopic (exact) mass is 904 g/mol. The van der Waals surface area contributed by atoms with Gasteiger partial charge in [0.25, 0.3) is 11.1 Å². The number of rotatable bonds is 14. The first kappa shape index (κ1) is 44.1. The summed E-state index contributed by atoms with van der Waals surface area (Å²) in [5.74, 6) is 2.17. The zero-order valence-electron chi connectivity index (χ0n) is 30.6. The largest absolute Gasteiger partial charge is 0.456 e. The third-order valence-electron chi connectivity index (χ3n) is 7.43. The number of aliphatic imine (C=N–C) groups is 2. The first-order valence-corrected chi connectivity index (χ1v) is 20.2. The van der Waals surface area contributed by atoms with Gasteiger partial charge in [-0.3, -0.25) is 28.3 Å². The SMILES string of the molecule is C[C@@H](O)CN=C(N)c1c(Nc2ccc(Oc3cc(Cl)ccc3Cl)cc2)s[nH]c1=O.C[C@H](O)CN=C(N)c1c(Nc2ccc(Oc3cc(Cl)ccc3Cl)cc2)s[nH]c1=O. The smallest absolute Gasteiger partial charge is 0.271 e. The second-order valence-corrected chi connectivity index (χ2v) is 15.6. The van der Waals surface area contributed by atoms with Crippen LogP contribution in [0.15, 0.2) is 105 Å². The topological polar surface area (TPSA) is 225 Å². The van der Waals surface area contributed by atoms with Gasteiger partial charge in [-0.2, -0.15) is 0 Å². The number of anilines is 4. The minimum Gasteiger partial charge on any atom is -0.456 e. The van der Waals surface area contributed by atoms with Crippen molar-refractivity contribution in [3.63, 3.8) is 0 Å². The predicted octanol–water partition coefficient (Wildman–Crippen LogP) is 8.73. The second-order valence-electron chi connectivity index (χ2n) is 12.3. The van der Waals surface area contributed by atoms with E-state index >= 15 is 0 Å². The quantitative estimate of drug-likeness (QED) is 0.0383. The fourth-order valence-corrected chi connectivity index (χ4v) is 6.87. The molecule has 2 aromatic heterocycles. The van der Waals surface area contributed by atoms with Crippen LogP contribution in [0.4, 0.5) is 21.4 Å². The molecule has 0 saturated carbocycles. The standard InChI is InChI=1S/2C19H18Cl2N4O3S/c2*1-10(26)9-23-17(22)16-18(27)25-29-19(16)24-12-3-5-13(6-4-12)28-15-8-11(20)2-7-14(15)21/h2*2-8,10,24,26H,9H2,1H3,(H2,22,23)(H,25,27)/t2*10-/m10/s1. The Labute approximate surface area is 360 Å². The molecule has 304 valence electrons. The summed E-state index contributed by atoms with van der Waals surface area (Å²) < 4.78 is 16.8. The van der Waals surface area contributed by atoms with Crippen molar-refractivity contribution in [3.05, 3.63) is 137 Å². The molecule has 2 atom stereocenters. The van der Waals surface area contributed by atoms with Gasteiger partial charge in [-0.1, -0.05) is 46.4 Å². The molecule has 4 aromatic carbocycles. The lowest BCUT2D eigenvalue weighted by atomic mass is 10.2. The number of aromatic amines is 2. The van der Waals surface area contributed by atoms with Gasteiger partial charge in [0.2, 0.25) is 0 Å². The molecule has 0 radical (unpaired) electrons. The molecule has 0 amide bonds. The molecule has 10 N–H and O–H groups in total. The van der Waals surface area contributed by atoms with E-state index in [1.54, 1.807) is 98.8 Å². The van der Waals surface area contributed by atoms with Gasteiger partial charge in [0.1, 0.15) is 55.8 Å². The summed E-state index contributed by atoms with van der Waals surface area (Å²) in [6, 6.07) is 24.1. The summed E-state index contributed by atoms with van der Waals surface area (Å²) in [5.41, 5.74) is 13.1. The summed E-state index contributed by atoms with van der Waals surface area (Å²) in [4.78, 5) is 32.3. The molecule has 0 bridgehead atoms. The fourth-order valence-electron chi connectivity index (χ4n) is 4.71. The highest BCUT2D eigenvalue weighted by Gasteiger charge is 2.17. The summed E-state index contributed by atoms with van der Waals surface area (Å²) in [5, 5.41) is 27.9. The Kier molecular flexibility index (Phi) is 15.6. The highest BCUT2D eigenvalue weighted by Crippen LogP contribution is 2.34. The molecule has 0 unspecified atom stereocenters. The maximum atomic E-state index is 12.1. The summed E-state index contributed by atoms with van der Waals surface area (Å²) >= 11 is 26.4. The van der Waals surface area contributed by atoms with Gasteiger partial charge >= 0.3 is 0 Å². The van der Waals surface area contributed by atoms with Gasteiger partial charge in [-0.15, -0.1) is 0 Å². The van der Waals surface area contributed by atoms with Crippen LogP contribution in [0, 0.1) is 0 Å². The van der Waals surface area contributed by atoms with E-state index in [1.807, 2.05) is 0 Å². The Bertz CT molecular complexity index is 2330. The minimum absolute atomic E-state index is 0.0615. The van der Waals surface area contributed by atoms with E-state index in [9.17, 15) is 19.8 Å². The number of halogens is 4. The zero-order valence-corrected chi connectivity index (χ0v) is 35.2. The first-order valence-electron chi connectivity index (χ1n) is 17.1. The number of nitrogens with zero attached hydrogens (tertiary/aromatic N) is 2. The Morgan fingerprint density at radius 1 is 0.655 bits per heavy atom. The lowest BCUT2D eigenvalue weighted by Crippen LogP contribution is -2.23. The van der Waals surface area contributed by atoms with E-state index in [0.29, 0.717) is 53.1 Å². The molecule has 14 nitrogen and oxygen atoms in total. The lowest BCUT2D eigenvalue weighted by Gasteiger charge is -2.10. The van der Waals surface area contributed by atoms with Crippen LogP contribution in [0.2, 0.25) is 20.1 Å². The molecule has 58 heavy (non-hydrogen) atoms. The maximum absolute atomic E-state index is 12.1. The Morgan fingerprint density at radius 3 is 1.36 bits per heavy atom. The van der Waals surface area contributed by atoms with E-state index in [-0.39, 0.29) is 47.0 Å².